The molecule has 0 radical (unpaired) electrons. The minimum Gasteiger partial charge on any atom is -0.495 e. The van der Waals surface area contributed by atoms with E-state index in [2.05, 4.69) is 21.2 Å². The van der Waals surface area contributed by atoms with E-state index in [0.717, 1.165) is 11.1 Å². The maximum Gasteiger partial charge on any atom is 0.248 e. The lowest BCUT2D eigenvalue weighted by atomic mass is 10.1. The van der Waals surface area contributed by atoms with E-state index in [1.807, 2.05) is 19.1 Å². The van der Waals surface area contributed by atoms with E-state index in [0.29, 0.717) is 33.0 Å². The van der Waals surface area contributed by atoms with Crippen LogP contribution in [0.3, 0.4) is 0 Å². The van der Waals surface area contributed by atoms with Gasteiger partial charge in [0.25, 0.3) is 0 Å². The van der Waals surface area contributed by atoms with Crippen molar-refractivity contribution in [2.24, 2.45) is 0 Å². The first kappa shape index (κ1) is 23.3. The number of carbonyl (C=O) groups is 1. The minimum absolute atomic E-state index is 0.0531. The van der Waals surface area contributed by atoms with Crippen LogP contribution in [0.15, 0.2) is 65.1 Å². The van der Waals surface area contributed by atoms with Gasteiger partial charge in [-0.15, -0.1) is 0 Å². The van der Waals surface area contributed by atoms with Crippen molar-refractivity contribution in [1.29, 1.82) is 0 Å². The van der Waals surface area contributed by atoms with E-state index >= 15 is 0 Å². The number of amides is 1. The van der Waals surface area contributed by atoms with Crippen LogP contribution in [0.5, 0.6) is 17.2 Å². The molecule has 3 rings (SSSR count). The fourth-order valence-electron chi connectivity index (χ4n) is 3.01. The third-order valence-electron chi connectivity index (χ3n) is 4.62. The number of methoxy groups -OCH3 is 2. The van der Waals surface area contributed by atoms with Crippen molar-refractivity contribution in [2.45, 2.75) is 13.5 Å². The van der Waals surface area contributed by atoms with Gasteiger partial charge in [-0.2, -0.15) is 0 Å². The summed E-state index contributed by atoms with van der Waals surface area (Å²) in [6.45, 7) is 1.99. The number of hydrogen-bond acceptors (Lipinski definition) is 4. The molecular weight excluding hydrogens is 477 g/mol. The molecule has 0 aromatic heterocycles. The molecule has 0 saturated carbocycles. The Hall–Kier alpha value is -3.32. The number of halogens is 2. The molecule has 7 heteroatoms. The molecule has 0 aliphatic carbocycles. The van der Waals surface area contributed by atoms with Gasteiger partial charge in [-0.1, -0.05) is 24.3 Å². The Morgan fingerprint density at radius 2 is 1.81 bits per heavy atom. The topological polar surface area (TPSA) is 56.8 Å². The molecule has 0 unspecified atom stereocenters. The van der Waals surface area contributed by atoms with Gasteiger partial charge in [-0.05, 0) is 70.4 Å². The maximum atomic E-state index is 13.9. The number of ether oxygens (including phenoxy) is 3. The van der Waals surface area contributed by atoms with E-state index in [1.165, 1.54) is 19.3 Å². The van der Waals surface area contributed by atoms with Gasteiger partial charge < -0.3 is 19.5 Å². The molecule has 32 heavy (non-hydrogen) atoms. The average Bonchev–Trinajstić information content (AvgIpc) is 2.77. The summed E-state index contributed by atoms with van der Waals surface area (Å²) in [6, 6.07) is 15.5. The first-order chi connectivity index (χ1) is 15.4. The molecule has 0 heterocycles. The normalized spacial score (nSPS) is 10.8. The Morgan fingerprint density at radius 3 is 2.53 bits per heavy atom. The maximum absolute atomic E-state index is 13.9. The van der Waals surface area contributed by atoms with Crippen LogP contribution in [0.4, 0.5) is 10.1 Å². The van der Waals surface area contributed by atoms with Gasteiger partial charge in [0.15, 0.2) is 11.5 Å². The molecule has 1 N–H and O–H groups in total. The Labute approximate surface area is 194 Å². The van der Waals surface area contributed by atoms with E-state index in [9.17, 15) is 9.18 Å². The lowest BCUT2D eigenvalue weighted by molar-refractivity contribution is -0.111. The second-order valence-electron chi connectivity index (χ2n) is 6.94. The van der Waals surface area contributed by atoms with Crippen LogP contribution >= 0.6 is 15.9 Å². The molecule has 5 nitrogen and oxygen atoms in total. The van der Waals surface area contributed by atoms with Gasteiger partial charge in [0, 0.05) is 11.6 Å². The third-order valence-corrected chi connectivity index (χ3v) is 5.21. The number of nitrogens with one attached hydrogen (secondary N) is 1. The zero-order valence-electron chi connectivity index (χ0n) is 17.9. The lowest BCUT2D eigenvalue weighted by Crippen LogP contribution is -2.09. The molecule has 0 atom stereocenters. The highest BCUT2D eigenvalue weighted by Crippen LogP contribution is 2.37. The van der Waals surface area contributed by atoms with E-state index < -0.39 is 0 Å². The van der Waals surface area contributed by atoms with Crippen LogP contribution in [-0.4, -0.2) is 20.1 Å². The Morgan fingerprint density at radius 1 is 1.06 bits per heavy atom. The number of rotatable bonds is 8. The molecule has 0 aliphatic rings. The number of anilines is 1. The number of benzene rings is 3. The summed E-state index contributed by atoms with van der Waals surface area (Å²) in [7, 11) is 3.07. The highest BCUT2D eigenvalue weighted by Gasteiger charge is 2.13. The summed E-state index contributed by atoms with van der Waals surface area (Å²) in [6.07, 6.45) is 3.08. The molecular formula is C25H23BrFNO4. The van der Waals surface area contributed by atoms with Crippen LogP contribution in [0, 0.1) is 12.7 Å². The Balaban J connectivity index is 1.74. The molecule has 1 amide bonds. The summed E-state index contributed by atoms with van der Waals surface area (Å²) in [5.41, 5.74) is 2.76. The summed E-state index contributed by atoms with van der Waals surface area (Å²) in [5, 5.41) is 2.82. The Bertz CT molecular complexity index is 1150. The van der Waals surface area contributed by atoms with Crippen molar-refractivity contribution >= 4 is 33.6 Å². The molecule has 0 aliphatic heterocycles. The third kappa shape index (κ3) is 5.88. The van der Waals surface area contributed by atoms with Crippen molar-refractivity contribution in [1.82, 2.24) is 0 Å². The van der Waals surface area contributed by atoms with Gasteiger partial charge >= 0.3 is 0 Å². The van der Waals surface area contributed by atoms with Crippen molar-refractivity contribution in [3.05, 3.63) is 87.7 Å². The van der Waals surface area contributed by atoms with Gasteiger partial charge in [-0.25, -0.2) is 4.39 Å². The average molecular weight is 500 g/mol. The first-order valence-electron chi connectivity index (χ1n) is 9.78. The summed E-state index contributed by atoms with van der Waals surface area (Å²) in [5.74, 6) is 0.846. The van der Waals surface area contributed by atoms with E-state index in [1.54, 1.807) is 49.6 Å². The van der Waals surface area contributed by atoms with Crippen molar-refractivity contribution in [2.75, 3.05) is 19.5 Å². The van der Waals surface area contributed by atoms with Crippen molar-refractivity contribution in [3.63, 3.8) is 0 Å². The van der Waals surface area contributed by atoms with Gasteiger partial charge in [0.05, 0.1) is 24.4 Å². The van der Waals surface area contributed by atoms with Crippen LogP contribution < -0.4 is 19.5 Å². The van der Waals surface area contributed by atoms with Gasteiger partial charge in [0.1, 0.15) is 18.2 Å². The quantitative estimate of drug-likeness (QED) is 0.378. The van der Waals surface area contributed by atoms with Gasteiger partial charge in [0.2, 0.25) is 5.91 Å². The van der Waals surface area contributed by atoms with Crippen LogP contribution in [0.2, 0.25) is 0 Å². The predicted molar refractivity (Wildman–Crippen MR) is 127 cm³/mol. The molecule has 3 aromatic rings. The number of hydrogen-bond donors (Lipinski definition) is 1. The first-order valence-corrected chi connectivity index (χ1v) is 10.6. The lowest BCUT2D eigenvalue weighted by Gasteiger charge is -2.14. The molecule has 3 aromatic carbocycles. The summed E-state index contributed by atoms with van der Waals surface area (Å²) >= 11 is 3.47. The zero-order valence-corrected chi connectivity index (χ0v) is 19.5. The monoisotopic (exact) mass is 499 g/mol. The highest BCUT2D eigenvalue weighted by atomic mass is 79.9. The second-order valence-corrected chi connectivity index (χ2v) is 7.79. The van der Waals surface area contributed by atoms with Crippen LogP contribution in [0.25, 0.3) is 6.08 Å². The Kier molecular flexibility index (Phi) is 7.89. The van der Waals surface area contributed by atoms with Crippen LogP contribution in [0.1, 0.15) is 16.7 Å². The zero-order chi connectivity index (χ0) is 23.1. The minimum atomic E-state index is -0.335. The SMILES string of the molecule is COc1ccc(C)cc1NC(=O)/C=C/c1cc(Br)c(OCc2ccccc2F)c(OC)c1. The van der Waals surface area contributed by atoms with E-state index in [-0.39, 0.29) is 18.3 Å². The molecule has 0 saturated heterocycles. The smallest absolute Gasteiger partial charge is 0.248 e. The standard InChI is InChI=1S/C25H23BrFNO4/c1-16-8-10-22(30-2)21(12-16)28-24(29)11-9-17-13-19(26)25(23(14-17)31-3)32-15-18-6-4-5-7-20(18)27/h4-14H,15H2,1-3H3,(H,28,29)/b11-9+. The van der Waals surface area contributed by atoms with Gasteiger partial charge in [-0.3, -0.25) is 4.79 Å². The number of carbonyl (C=O) groups excluding carboxylic acids is 1. The molecule has 0 fully saturated rings. The van der Waals surface area contributed by atoms with Crippen LogP contribution in [-0.2, 0) is 11.4 Å². The highest BCUT2D eigenvalue weighted by molar-refractivity contribution is 9.10. The predicted octanol–water partition coefficient (Wildman–Crippen LogP) is 6.14. The number of aryl methyl sites for hydroxylation is 1. The van der Waals surface area contributed by atoms with Crippen molar-refractivity contribution < 1.29 is 23.4 Å². The largest absolute Gasteiger partial charge is 0.495 e. The summed E-state index contributed by atoms with van der Waals surface area (Å²) < 4.78 is 31.0. The van der Waals surface area contributed by atoms with Crippen molar-refractivity contribution in [3.8, 4) is 17.2 Å². The molecule has 0 spiro atoms. The fraction of sp³-hybridized carbons (Fsp3) is 0.160. The molecule has 166 valence electrons. The second kappa shape index (κ2) is 10.8. The summed E-state index contributed by atoms with van der Waals surface area (Å²) in [4.78, 5) is 12.4. The fourth-order valence-corrected chi connectivity index (χ4v) is 3.58. The van der Waals surface area contributed by atoms with E-state index in [4.69, 9.17) is 14.2 Å². The molecule has 0 bridgehead atoms.